The molecule has 0 aliphatic rings. The largest absolute Gasteiger partial charge is 0.468 e. The summed E-state index contributed by atoms with van der Waals surface area (Å²) in [5, 5.41) is 0.373. The summed E-state index contributed by atoms with van der Waals surface area (Å²) in [7, 11) is 2.47. The predicted molar refractivity (Wildman–Crippen MR) is 70.7 cm³/mol. The average Bonchev–Trinajstić information content (AvgIpc) is 2.42. The molecule has 0 fully saturated rings. The highest BCUT2D eigenvalue weighted by atomic mass is 35.5. The smallest absolute Gasteiger partial charge is 0.319 e. The van der Waals surface area contributed by atoms with Crippen molar-refractivity contribution in [1.29, 1.82) is 0 Å². The third kappa shape index (κ3) is 5.14. The van der Waals surface area contributed by atoms with Crippen molar-refractivity contribution in [2.75, 3.05) is 27.3 Å². The molecule has 0 spiro atoms. The fraction of sp³-hybridized carbons (Fsp3) is 0.385. The predicted octanol–water partition coefficient (Wildman–Crippen LogP) is 1.63. The molecule has 0 saturated carbocycles. The zero-order valence-electron chi connectivity index (χ0n) is 11.2. The molecule has 0 atom stereocenters. The van der Waals surface area contributed by atoms with Crippen molar-refractivity contribution < 1.29 is 23.5 Å². The highest BCUT2D eigenvalue weighted by Gasteiger charge is 2.17. The second kappa shape index (κ2) is 7.81. The van der Waals surface area contributed by atoms with Crippen LogP contribution in [0, 0.1) is 5.82 Å². The number of hydrogen-bond acceptors (Lipinski definition) is 5. The Morgan fingerprint density at radius 1 is 1.20 bits per heavy atom. The van der Waals surface area contributed by atoms with Gasteiger partial charge in [0.15, 0.2) is 0 Å². The standard InChI is InChI=1S/C13H15ClFNO4/c1-19-12(17)7-16(8-13(18)20-2)6-9-5-10(14)3-4-11(9)15/h3-5H,6-8H2,1-2H3. The van der Waals surface area contributed by atoms with E-state index in [0.717, 1.165) is 0 Å². The number of nitrogens with zero attached hydrogens (tertiary/aromatic N) is 1. The summed E-state index contributed by atoms with van der Waals surface area (Å²) in [4.78, 5) is 24.0. The van der Waals surface area contributed by atoms with E-state index in [-0.39, 0.29) is 25.2 Å². The summed E-state index contributed by atoms with van der Waals surface area (Å²) in [5.41, 5.74) is 0.283. The molecule has 0 aromatic heterocycles. The van der Waals surface area contributed by atoms with E-state index in [1.54, 1.807) is 0 Å². The molecule has 0 aliphatic carbocycles. The van der Waals surface area contributed by atoms with Gasteiger partial charge in [-0.3, -0.25) is 14.5 Å². The van der Waals surface area contributed by atoms with Crippen LogP contribution in [0.3, 0.4) is 0 Å². The first-order valence-electron chi connectivity index (χ1n) is 5.76. The molecular weight excluding hydrogens is 289 g/mol. The normalized spacial score (nSPS) is 10.4. The Morgan fingerprint density at radius 2 is 1.75 bits per heavy atom. The highest BCUT2D eigenvalue weighted by molar-refractivity contribution is 6.30. The summed E-state index contributed by atoms with van der Waals surface area (Å²) in [5.74, 6) is -1.53. The lowest BCUT2D eigenvalue weighted by Gasteiger charge is -2.20. The Hall–Kier alpha value is -1.66. The van der Waals surface area contributed by atoms with E-state index in [9.17, 15) is 14.0 Å². The molecule has 110 valence electrons. The van der Waals surface area contributed by atoms with Gasteiger partial charge in [-0.25, -0.2) is 4.39 Å². The molecule has 0 radical (unpaired) electrons. The lowest BCUT2D eigenvalue weighted by atomic mass is 10.2. The molecular formula is C13H15ClFNO4. The van der Waals surface area contributed by atoms with Gasteiger partial charge in [0, 0.05) is 17.1 Å². The van der Waals surface area contributed by atoms with Gasteiger partial charge in [0.2, 0.25) is 0 Å². The minimum Gasteiger partial charge on any atom is -0.468 e. The van der Waals surface area contributed by atoms with Gasteiger partial charge in [0.05, 0.1) is 27.3 Å². The summed E-state index contributed by atoms with van der Waals surface area (Å²) in [6.45, 7) is -0.272. The van der Waals surface area contributed by atoms with Crippen LogP contribution in [0.5, 0.6) is 0 Å². The van der Waals surface area contributed by atoms with Crippen molar-refractivity contribution in [2.24, 2.45) is 0 Å². The third-order valence-electron chi connectivity index (χ3n) is 2.56. The van der Waals surface area contributed by atoms with E-state index >= 15 is 0 Å². The molecule has 7 heteroatoms. The Labute approximate surface area is 121 Å². The maximum atomic E-state index is 13.7. The SMILES string of the molecule is COC(=O)CN(CC(=O)OC)Cc1cc(Cl)ccc1F. The van der Waals surface area contributed by atoms with Crippen molar-refractivity contribution >= 4 is 23.5 Å². The Balaban J connectivity index is 2.84. The van der Waals surface area contributed by atoms with Crippen molar-refractivity contribution in [3.05, 3.63) is 34.6 Å². The summed E-state index contributed by atoms with van der Waals surface area (Å²) < 4.78 is 22.7. The van der Waals surface area contributed by atoms with Gasteiger partial charge in [0.25, 0.3) is 0 Å². The third-order valence-corrected chi connectivity index (χ3v) is 2.80. The highest BCUT2D eigenvalue weighted by Crippen LogP contribution is 2.16. The van der Waals surface area contributed by atoms with Crippen molar-refractivity contribution in [1.82, 2.24) is 4.90 Å². The first kappa shape index (κ1) is 16.4. The molecule has 0 unspecified atom stereocenters. The quantitative estimate of drug-likeness (QED) is 0.748. The Morgan fingerprint density at radius 3 is 2.25 bits per heavy atom. The van der Waals surface area contributed by atoms with Gasteiger partial charge in [-0.05, 0) is 18.2 Å². The van der Waals surface area contributed by atoms with Gasteiger partial charge >= 0.3 is 11.9 Å². The minimum absolute atomic E-state index is 0.0383. The topological polar surface area (TPSA) is 55.8 Å². The maximum Gasteiger partial charge on any atom is 0.319 e. The Bertz CT molecular complexity index is 477. The molecule has 20 heavy (non-hydrogen) atoms. The van der Waals surface area contributed by atoms with E-state index in [0.29, 0.717) is 5.02 Å². The van der Waals surface area contributed by atoms with Crippen LogP contribution in [0.15, 0.2) is 18.2 Å². The Kier molecular flexibility index (Phi) is 6.41. The van der Waals surface area contributed by atoms with E-state index in [4.69, 9.17) is 11.6 Å². The zero-order valence-corrected chi connectivity index (χ0v) is 11.9. The van der Waals surface area contributed by atoms with Crippen LogP contribution in [0.4, 0.5) is 4.39 Å². The van der Waals surface area contributed by atoms with Gasteiger partial charge in [-0.2, -0.15) is 0 Å². The number of halogens is 2. The summed E-state index contributed by atoms with van der Waals surface area (Å²) >= 11 is 5.80. The first-order chi connectivity index (χ1) is 9.46. The second-order valence-corrected chi connectivity index (χ2v) is 4.47. The second-order valence-electron chi connectivity index (χ2n) is 4.03. The molecule has 1 aromatic rings. The van der Waals surface area contributed by atoms with Gasteiger partial charge in [0.1, 0.15) is 5.82 Å². The number of esters is 2. The number of hydrogen-bond donors (Lipinski definition) is 0. The number of carbonyl (C=O) groups is 2. The average molecular weight is 304 g/mol. The van der Waals surface area contributed by atoms with Crippen LogP contribution >= 0.6 is 11.6 Å². The minimum atomic E-state index is -0.531. The maximum absolute atomic E-state index is 13.7. The molecule has 5 nitrogen and oxygen atoms in total. The number of benzene rings is 1. The number of ether oxygens (including phenoxy) is 2. The molecule has 0 N–H and O–H groups in total. The van der Waals surface area contributed by atoms with Crippen molar-refractivity contribution in [3.8, 4) is 0 Å². The van der Waals surface area contributed by atoms with Gasteiger partial charge < -0.3 is 9.47 Å². The monoisotopic (exact) mass is 303 g/mol. The van der Waals surface area contributed by atoms with Crippen LogP contribution in [-0.2, 0) is 25.6 Å². The van der Waals surface area contributed by atoms with E-state index in [1.807, 2.05) is 0 Å². The number of rotatable bonds is 6. The number of methoxy groups -OCH3 is 2. The zero-order chi connectivity index (χ0) is 15.1. The molecule has 0 saturated heterocycles. The number of carbonyl (C=O) groups excluding carboxylic acids is 2. The van der Waals surface area contributed by atoms with Crippen LogP contribution in [0.1, 0.15) is 5.56 Å². The van der Waals surface area contributed by atoms with Gasteiger partial charge in [-0.1, -0.05) is 11.6 Å². The molecule has 0 aliphatic heterocycles. The van der Waals surface area contributed by atoms with E-state index in [1.165, 1.54) is 37.3 Å². The molecule has 0 amide bonds. The first-order valence-corrected chi connectivity index (χ1v) is 6.14. The molecule has 0 heterocycles. The van der Waals surface area contributed by atoms with Crippen LogP contribution in [-0.4, -0.2) is 44.1 Å². The van der Waals surface area contributed by atoms with Gasteiger partial charge in [-0.15, -0.1) is 0 Å². The molecule has 0 bridgehead atoms. The van der Waals surface area contributed by atoms with Crippen LogP contribution < -0.4 is 0 Å². The molecule has 1 rings (SSSR count). The van der Waals surface area contributed by atoms with E-state index in [2.05, 4.69) is 9.47 Å². The fourth-order valence-corrected chi connectivity index (χ4v) is 1.76. The van der Waals surface area contributed by atoms with Crippen LogP contribution in [0.2, 0.25) is 5.02 Å². The fourth-order valence-electron chi connectivity index (χ4n) is 1.57. The van der Waals surface area contributed by atoms with Crippen molar-refractivity contribution in [2.45, 2.75) is 6.54 Å². The van der Waals surface area contributed by atoms with Crippen LogP contribution in [0.25, 0.3) is 0 Å². The van der Waals surface area contributed by atoms with E-state index < -0.39 is 17.8 Å². The lowest BCUT2D eigenvalue weighted by molar-refractivity contribution is -0.145. The summed E-state index contributed by atoms with van der Waals surface area (Å²) in [6, 6.07) is 4.09. The van der Waals surface area contributed by atoms with Crippen molar-refractivity contribution in [3.63, 3.8) is 0 Å². The lowest BCUT2D eigenvalue weighted by Crippen LogP contribution is -2.35. The summed E-state index contributed by atoms with van der Waals surface area (Å²) in [6.07, 6.45) is 0. The molecule has 1 aromatic carbocycles.